The van der Waals surface area contributed by atoms with Crippen LogP contribution in [0, 0.1) is 5.92 Å². The Labute approximate surface area is 155 Å². The Morgan fingerprint density at radius 2 is 2.04 bits per heavy atom. The number of ether oxygens (including phenoxy) is 1. The molecule has 1 amide bonds. The van der Waals surface area contributed by atoms with Crippen LogP contribution in [-0.2, 0) is 28.8 Å². The predicted octanol–water partition coefficient (Wildman–Crippen LogP) is 2.66. The number of benzene rings is 1. The molecule has 144 valence electrons. The van der Waals surface area contributed by atoms with E-state index in [0.717, 1.165) is 24.8 Å². The largest absolute Gasteiger partial charge is 0.480 e. The minimum absolute atomic E-state index is 0.0475. The first-order chi connectivity index (χ1) is 12.0. The Kier molecular flexibility index (Phi) is 6.29. The number of alkyl carbamates (subject to hydrolysis) is 1. The fourth-order valence-corrected chi connectivity index (χ4v) is 3.28. The van der Waals surface area contributed by atoms with Gasteiger partial charge in [-0.05, 0) is 69.1 Å². The molecule has 4 N–H and O–H groups in total. The second-order valence-corrected chi connectivity index (χ2v) is 8.23. The molecule has 6 nitrogen and oxygen atoms in total. The van der Waals surface area contributed by atoms with Crippen molar-refractivity contribution >= 4 is 12.1 Å². The molecule has 3 atom stereocenters. The molecule has 6 heteroatoms. The summed E-state index contributed by atoms with van der Waals surface area (Å²) in [7, 11) is 0. The number of aliphatic carboxylic acids is 1. The lowest BCUT2D eigenvalue weighted by atomic mass is 9.85. The molecule has 0 unspecified atom stereocenters. The average Bonchev–Trinajstić information content (AvgIpc) is 2.51. The quantitative estimate of drug-likeness (QED) is 0.747. The number of rotatable bonds is 5. The van der Waals surface area contributed by atoms with Gasteiger partial charge in [0.25, 0.3) is 0 Å². The van der Waals surface area contributed by atoms with E-state index in [2.05, 4.69) is 17.4 Å². The van der Waals surface area contributed by atoms with Crippen LogP contribution in [0.5, 0.6) is 0 Å². The lowest BCUT2D eigenvalue weighted by Crippen LogP contribution is -2.41. The highest BCUT2D eigenvalue weighted by Gasteiger charge is 2.24. The van der Waals surface area contributed by atoms with Crippen molar-refractivity contribution < 1.29 is 19.4 Å². The van der Waals surface area contributed by atoms with Crippen LogP contribution in [0.25, 0.3) is 0 Å². The van der Waals surface area contributed by atoms with E-state index in [1.165, 1.54) is 11.1 Å². The first kappa shape index (κ1) is 20.2. The summed E-state index contributed by atoms with van der Waals surface area (Å²) in [5.74, 6) is -1.12. The van der Waals surface area contributed by atoms with Crippen molar-refractivity contribution in [3.63, 3.8) is 0 Å². The maximum atomic E-state index is 12.0. The molecule has 1 aliphatic rings. The predicted molar refractivity (Wildman–Crippen MR) is 100 cm³/mol. The van der Waals surface area contributed by atoms with Crippen LogP contribution >= 0.6 is 0 Å². The molecular formula is C20H30N2O4. The number of carboxylic acid groups (broad SMARTS) is 1. The molecule has 1 aromatic rings. The van der Waals surface area contributed by atoms with Gasteiger partial charge in [-0.15, -0.1) is 0 Å². The van der Waals surface area contributed by atoms with Crippen molar-refractivity contribution in [2.45, 2.75) is 71.1 Å². The van der Waals surface area contributed by atoms with Gasteiger partial charge in [-0.25, -0.2) is 4.79 Å². The highest BCUT2D eigenvalue weighted by atomic mass is 16.6. The molecule has 0 heterocycles. The number of nitrogens with one attached hydrogen (secondary N) is 1. The van der Waals surface area contributed by atoms with Gasteiger partial charge >= 0.3 is 12.1 Å². The second-order valence-electron chi connectivity index (χ2n) is 8.23. The zero-order valence-corrected chi connectivity index (χ0v) is 16.0. The Balaban J connectivity index is 2.01. The molecule has 0 saturated heterocycles. The summed E-state index contributed by atoms with van der Waals surface area (Å²) in [4.78, 5) is 23.0. The third-order valence-corrected chi connectivity index (χ3v) is 4.68. The van der Waals surface area contributed by atoms with Gasteiger partial charge < -0.3 is 20.9 Å². The van der Waals surface area contributed by atoms with E-state index >= 15 is 0 Å². The molecule has 0 aliphatic heterocycles. The molecule has 0 radical (unpaired) electrons. The fraction of sp³-hybridized carbons (Fsp3) is 0.600. The topological polar surface area (TPSA) is 102 Å². The molecular weight excluding hydrogens is 332 g/mol. The molecule has 0 saturated carbocycles. The van der Waals surface area contributed by atoms with Crippen LogP contribution in [0.15, 0.2) is 18.2 Å². The van der Waals surface area contributed by atoms with Gasteiger partial charge in [0.2, 0.25) is 0 Å². The first-order valence-electron chi connectivity index (χ1n) is 9.13. The van der Waals surface area contributed by atoms with Crippen molar-refractivity contribution in [3.05, 3.63) is 34.9 Å². The molecule has 1 aromatic carbocycles. The summed E-state index contributed by atoms with van der Waals surface area (Å²) in [6, 6.07) is 5.45. The lowest BCUT2D eigenvalue weighted by molar-refractivity contribution is -0.139. The standard InChI is InChI=1S/C20H30N2O4/c1-12(17(21)18(23)24)9-13-5-6-14-7-8-16(11-15(14)10-13)22-19(25)26-20(2,3)4/h5-6,10,12,16-17H,7-9,11,21H2,1-4H3,(H,22,25)(H,23,24)/t12-,16-,17-/m0/s1. The van der Waals surface area contributed by atoms with Gasteiger partial charge in [0, 0.05) is 6.04 Å². The maximum Gasteiger partial charge on any atom is 0.407 e. The van der Waals surface area contributed by atoms with Crippen molar-refractivity contribution in [3.8, 4) is 0 Å². The number of carbonyl (C=O) groups excluding carboxylic acids is 1. The zero-order valence-electron chi connectivity index (χ0n) is 16.0. The monoisotopic (exact) mass is 362 g/mol. The van der Waals surface area contributed by atoms with E-state index in [-0.39, 0.29) is 18.1 Å². The molecule has 0 bridgehead atoms. The first-order valence-corrected chi connectivity index (χ1v) is 9.13. The summed E-state index contributed by atoms with van der Waals surface area (Å²) in [5.41, 5.74) is 8.76. The number of aryl methyl sites for hydroxylation is 1. The highest BCUT2D eigenvalue weighted by Crippen LogP contribution is 2.24. The number of hydrogen-bond donors (Lipinski definition) is 3. The molecule has 26 heavy (non-hydrogen) atoms. The molecule has 0 spiro atoms. The summed E-state index contributed by atoms with van der Waals surface area (Å²) in [6.07, 6.45) is 2.77. The van der Waals surface area contributed by atoms with Crippen LogP contribution in [0.2, 0.25) is 0 Å². The average molecular weight is 362 g/mol. The second kappa shape index (κ2) is 8.08. The third kappa shape index (κ3) is 5.73. The van der Waals surface area contributed by atoms with Gasteiger partial charge in [0.1, 0.15) is 11.6 Å². The van der Waals surface area contributed by atoms with Gasteiger partial charge in [0.05, 0.1) is 0 Å². The zero-order chi connectivity index (χ0) is 19.5. The SMILES string of the molecule is C[C@@H](Cc1ccc2c(c1)C[C@@H](NC(=O)OC(C)(C)C)CC2)[C@H](N)C(=O)O. The number of amides is 1. The Bertz CT molecular complexity index is 666. The van der Waals surface area contributed by atoms with E-state index in [0.29, 0.717) is 6.42 Å². The summed E-state index contributed by atoms with van der Waals surface area (Å²) in [6.45, 7) is 7.39. The van der Waals surface area contributed by atoms with Crippen LogP contribution in [-0.4, -0.2) is 34.9 Å². The van der Waals surface area contributed by atoms with E-state index in [4.69, 9.17) is 15.6 Å². The van der Waals surface area contributed by atoms with Crippen LogP contribution < -0.4 is 11.1 Å². The molecule has 1 aliphatic carbocycles. The highest BCUT2D eigenvalue weighted by molar-refractivity contribution is 5.73. The van der Waals surface area contributed by atoms with Gasteiger partial charge in [-0.2, -0.15) is 0 Å². The number of carbonyl (C=O) groups is 2. The minimum atomic E-state index is -0.975. The Morgan fingerprint density at radius 1 is 1.35 bits per heavy atom. The Hall–Kier alpha value is -2.08. The smallest absolute Gasteiger partial charge is 0.407 e. The molecule has 2 rings (SSSR count). The van der Waals surface area contributed by atoms with Crippen molar-refractivity contribution in [2.75, 3.05) is 0 Å². The summed E-state index contributed by atoms with van der Waals surface area (Å²) >= 11 is 0. The minimum Gasteiger partial charge on any atom is -0.480 e. The lowest BCUT2D eigenvalue weighted by Gasteiger charge is -2.28. The van der Waals surface area contributed by atoms with Crippen LogP contribution in [0.4, 0.5) is 4.79 Å². The summed E-state index contributed by atoms with van der Waals surface area (Å²) in [5, 5.41) is 12.0. The van der Waals surface area contributed by atoms with Crippen LogP contribution in [0.1, 0.15) is 50.8 Å². The fourth-order valence-electron chi connectivity index (χ4n) is 3.28. The van der Waals surface area contributed by atoms with E-state index in [1.54, 1.807) is 0 Å². The van der Waals surface area contributed by atoms with Crippen molar-refractivity contribution in [2.24, 2.45) is 11.7 Å². The van der Waals surface area contributed by atoms with E-state index in [9.17, 15) is 9.59 Å². The van der Waals surface area contributed by atoms with Gasteiger partial charge in [-0.1, -0.05) is 25.1 Å². The van der Waals surface area contributed by atoms with Gasteiger partial charge in [0.15, 0.2) is 0 Å². The maximum absolute atomic E-state index is 12.0. The van der Waals surface area contributed by atoms with E-state index in [1.807, 2.05) is 33.8 Å². The van der Waals surface area contributed by atoms with Crippen molar-refractivity contribution in [1.29, 1.82) is 0 Å². The van der Waals surface area contributed by atoms with Crippen molar-refractivity contribution in [1.82, 2.24) is 5.32 Å². The van der Waals surface area contributed by atoms with E-state index < -0.39 is 17.6 Å². The summed E-state index contributed by atoms with van der Waals surface area (Å²) < 4.78 is 5.33. The third-order valence-electron chi connectivity index (χ3n) is 4.68. The molecule has 0 aromatic heterocycles. The molecule has 0 fully saturated rings. The van der Waals surface area contributed by atoms with Gasteiger partial charge in [-0.3, -0.25) is 4.79 Å². The Morgan fingerprint density at radius 3 is 2.65 bits per heavy atom. The number of carboxylic acids is 1. The van der Waals surface area contributed by atoms with Crippen LogP contribution in [0.3, 0.4) is 0 Å². The number of fused-ring (bicyclic) bond motifs is 1. The normalized spacial score (nSPS) is 19.2. The number of nitrogens with two attached hydrogens (primary N) is 1. The number of hydrogen-bond acceptors (Lipinski definition) is 4.